The van der Waals surface area contributed by atoms with Gasteiger partial charge in [0.15, 0.2) is 0 Å². The molecule has 0 aliphatic carbocycles. The SMILES string of the molecule is O=C(Nc1ccccc1-c1nc2cc(CN3CC[C@H](O)C3)cnc2s1)c1ccc2ccccc2n1. The van der Waals surface area contributed by atoms with Crippen molar-refractivity contribution in [2.24, 2.45) is 0 Å². The third-order valence-corrected chi connectivity index (χ3v) is 7.21. The van der Waals surface area contributed by atoms with Crippen LogP contribution in [0.2, 0.25) is 0 Å². The lowest BCUT2D eigenvalue weighted by Gasteiger charge is -2.14. The molecule has 1 aliphatic rings. The fourth-order valence-corrected chi connectivity index (χ4v) is 5.37. The highest BCUT2D eigenvalue weighted by Gasteiger charge is 2.21. The average molecular weight is 482 g/mol. The molecular formula is C27H23N5O2S. The van der Waals surface area contributed by atoms with Crippen LogP contribution in [0.25, 0.3) is 31.8 Å². The summed E-state index contributed by atoms with van der Waals surface area (Å²) in [7, 11) is 0. The molecule has 1 fully saturated rings. The van der Waals surface area contributed by atoms with Crippen LogP contribution in [0.1, 0.15) is 22.5 Å². The number of carbonyl (C=O) groups is 1. The van der Waals surface area contributed by atoms with Gasteiger partial charge in [-0.3, -0.25) is 9.69 Å². The van der Waals surface area contributed by atoms with E-state index in [9.17, 15) is 9.90 Å². The van der Waals surface area contributed by atoms with Crippen molar-refractivity contribution in [3.8, 4) is 10.6 Å². The average Bonchev–Trinajstić information content (AvgIpc) is 3.49. The Morgan fingerprint density at radius 3 is 2.80 bits per heavy atom. The normalized spacial score (nSPS) is 16.2. The van der Waals surface area contributed by atoms with Crippen molar-refractivity contribution in [2.45, 2.75) is 19.1 Å². The highest BCUT2D eigenvalue weighted by atomic mass is 32.1. The van der Waals surface area contributed by atoms with Crippen molar-refractivity contribution >= 4 is 44.2 Å². The summed E-state index contributed by atoms with van der Waals surface area (Å²) < 4.78 is 0. The minimum absolute atomic E-state index is 0.242. The van der Waals surface area contributed by atoms with Crippen molar-refractivity contribution in [1.29, 1.82) is 0 Å². The zero-order chi connectivity index (χ0) is 23.8. The van der Waals surface area contributed by atoms with Gasteiger partial charge in [0.1, 0.15) is 21.0 Å². The number of amides is 1. The van der Waals surface area contributed by atoms with Crippen LogP contribution in [0.3, 0.4) is 0 Å². The molecule has 0 unspecified atom stereocenters. The monoisotopic (exact) mass is 481 g/mol. The number of hydrogen-bond donors (Lipinski definition) is 2. The van der Waals surface area contributed by atoms with Gasteiger partial charge in [-0.2, -0.15) is 0 Å². The number of fused-ring (bicyclic) bond motifs is 2. The maximum absolute atomic E-state index is 13.0. The van der Waals surface area contributed by atoms with Gasteiger partial charge in [-0.05, 0) is 42.3 Å². The smallest absolute Gasteiger partial charge is 0.274 e. The molecule has 1 amide bonds. The largest absolute Gasteiger partial charge is 0.392 e. The number of nitrogens with one attached hydrogen (secondary N) is 1. The maximum Gasteiger partial charge on any atom is 0.274 e. The number of aliphatic hydroxyl groups excluding tert-OH is 1. The summed E-state index contributed by atoms with van der Waals surface area (Å²) in [5.74, 6) is -0.266. The molecule has 3 aromatic heterocycles. The molecule has 7 nitrogen and oxygen atoms in total. The Labute approximate surface area is 206 Å². The zero-order valence-electron chi connectivity index (χ0n) is 18.9. The topological polar surface area (TPSA) is 91.2 Å². The Hall–Kier alpha value is -3.72. The van der Waals surface area contributed by atoms with E-state index >= 15 is 0 Å². The van der Waals surface area contributed by atoms with E-state index in [2.05, 4.69) is 26.3 Å². The Morgan fingerprint density at radius 2 is 1.91 bits per heavy atom. The van der Waals surface area contributed by atoms with E-state index in [1.165, 1.54) is 11.3 Å². The Morgan fingerprint density at radius 1 is 1.06 bits per heavy atom. The Bertz CT molecular complexity index is 1550. The number of aromatic nitrogens is 3. The van der Waals surface area contributed by atoms with Gasteiger partial charge >= 0.3 is 0 Å². The molecule has 6 rings (SSSR count). The minimum atomic E-state index is -0.266. The second-order valence-electron chi connectivity index (χ2n) is 8.75. The summed E-state index contributed by atoms with van der Waals surface area (Å²) in [6.07, 6.45) is 2.45. The van der Waals surface area contributed by atoms with Gasteiger partial charge in [0, 0.05) is 36.8 Å². The van der Waals surface area contributed by atoms with Gasteiger partial charge in [0.05, 0.1) is 17.3 Å². The molecule has 5 aromatic rings. The van der Waals surface area contributed by atoms with Crippen molar-refractivity contribution < 1.29 is 9.90 Å². The number of likely N-dealkylation sites (tertiary alicyclic amines) is 1. The summed E-state index contributed by atoms with van der Waals surface area (Å²) in [6.45, 7) is 2.33. The predicted octanol–water partition coefficient (Wildman–Crippen LogP) is 4.73. The maximum atomic E-state index is 13.0. The molecule has 1 aliphatic heterocycles. The van der Waals surface area contributed by atoms with Gasteiger partial charge in [-0.15, -0.1) is 0 Å². The summed E-state index contributed by atoms with van der Waals surface area (Å²) in [6, 6.07) is 21.1. The second kappa shape index (κ2) is 9.14. The standard InChI is InChI=1S/C27H23N5O2S/c33-19-11-12-32(16-19)15-17-13-24-27(28-14-17)35-26(31-24)20-6-2-4-8-22(20)30-25(34)23-10-9-18-5-1-3-7-21(18)29-23/h1-10,13-14,19,33H,11-12,15-16H2,(H,30,34)/t19-/m0/s1. The van der Waals surface area contributed by atoms with E-state index in [0.29, 0.717) is 17.9 Å². The summed E-state index contributed by atoms with van der Waals surface area (Å²) in [4.78, 5) is 30.1. The molecule has 174 valence electrons. The second-order valence-corrected chi connectivity index (χ2v) is 9.73. The fourth-order valence-electron chi connectivity index (χ4n) is 4.44. The first kappa shape index (κ1) is 21.8. The number of thiazole rings is 1. The van der Waals surface area contributed by atoms with Crippen LogP contribution in [0.15, 0.2) is 72.9 Å². The van der Waals surface area contributed by atoms with Crippen LogP contribution in [0.5, 0.6) is 0 Å². The lowest BCUT2D eigenvalue weighted by atomic mass is 10.1. The summed E-state index contributed by atoms with van der Waals surface area (Å²) >= 11 is 1.50. The molecule has 0 radical (unpaired) electrons. The molecule has 4 heterocycles. The Kier molecular flexibility index (Phi) is 5.69. The van der Waals surface area contributed by atoms with E-state index in [4.69, 9.17) is 4.98 Å². The molecule has 0 bridgehead atoms. The highest BCUT2D eigenvalue weighted by Crippen LogP contribution is 2.34. The number of rotatable bonds is 5. The molecule has 0 spiro atoms. The summed E-state index contributed by atoms with van der Waals surface area (Å²) in [5, 5.41) is 14.6. The number of anilines is 1. The van der Waals surface area contributed by atoms with Crippen LogP contribution in [0.4, 0.5) is 5.69 Å². The summed E-state index contributed by atoms with van der Waals surface area (Å²) in [5.41, 5.74) is 4.57. The number of nitrogens with zero attached hydrogens (tertiary/aromatic N) is 4. The number of carbonyl (C=O) groups excluding carboxylic acids is 1. The van der Waals surface area contributed by atoms with Gasteiger partial charge in [-0.25, -0.2) is 15.0 Å². The van der Waals surface area contributed by atoms with Crippen LogP contribution in [-0.4, -0.2) is 50.1 Å². The van der Waals surface area contributed by atoms with Crippen molar-refractivity contribution in [3.63, 3.8) is 0 Å². The van der Waals surface area contributed by atoms with Gasteiger partial charge in [0.25, 0.3) is 5.91 Å². The molecule has 2 aromatic carbocycles. The van der Waals surface area contributed by atoms with Crippen LogP contribution >= 0.6 is 11.3 Å². The van der Waals surface area contributed by atoms with Gasteiger partial charge in [-0.1, -0.05) is 47.7 Å². The highest BCUT2D eigenvalue weighted by molar-refractivity contribution is 7.21. The van der Waals surface area contributed by atoms with Crippen molar-refractivity contribution in [3.05, 3.63) is 84.2 Å². The first-order chi connectivity index (χ1) is 17.1. The number of aliphatic hydroxyl groups is 1. The first-order valence-electron chi connectivity index (χ1n) is 11.5. The lowest BCUT2D eigenvalue weighted by Crippen LogP contribution is -2.21. The molecule has 35 heavy (non-hydrogen) atoms. The molecular weight excluding hydrogens is 458 g/mol. The van der Waals surface area contributed by atoms with Gasteiger partial charge < -0.3 is 10.4 Å². The van der Waals surface area contributed by atoms with Crippen LogP contribution < -0.4 is 5.32 Å². The minimum Gasteiger partial charge on any atom is -0.392 e. The fraction of sp³-hybridized carbons (Fsp3) is 0.185. The molecule has 0 saturated carbocycles. The number of β-amino-alcohol motifs (C(OH)–C–C–N with tert-alkyl or cyclic N) is 1. The van der Waals surface area contributed by atoms with E-state index in [-0.39, 0.29) is 12.0 Å². The molecule has 1 saturated heterocycles. The van der Waals surface area contributed by atoms with Crippen LogP contribution in [0, 0.1) is 0 Å². The quantitative estimate of drug-likeness (QED) is 0.377. The first-order valence-corrected chi connectivity index (χ1v) is 12.4. The van der Waals surface area contributed by atoms with Crippen LogP contribution in [-0.2, 0) is 6.54 Å². The van der Waals surface area contributed by atoms with E-state index < -0.39 is 0 Å². The van der Waals surface area contributed by atoms with Crippen molar-refractivity contribution in [2.75, 3.05) is 18.4 Å². The molecule has 8 heteroatoms. The molecule has 2 N–H and O–H groups in total. The number of pyridine rings is 2. The predicted molar refractivity (Wildman–Crippen MR) is 138 cm³/mol. The van der Waals surface area contributed by atoms with E-state index in [1.54, 1.807) is 6.07 Å². The third-order valence-electron chi connectivity index (χ3n) is 6.19. The Balaban J connectivity index is 1.26. The molecule has 1 atom stereocenters. The third kappa shape index (κ3) is 4.51. The van der Waals surface area contributed by atoms with Gasteiger partial charge in [0.2, 0.25) is 0 Å². The zero-order valence-corrected chi connectivity index (χ0v) is 19.7. The van der Waals surface area contributed by atoms with Crippen molar-refractivity contribution in [1.82, 2.24) is 19.9 Å². The van der Waals surface area contributed by atoms with E-state index in [1.807, 2.05) is 60.8 Å². The van der Waals surface area contributed by atoms with E-state index in [0.717, 1.165) is 56.9 Å². The lowest BCUT2D eigenvalue weighted by molar-refractivity contribution is 0.102. The number of hydrogen-bond acceptors (Lipinski definition) is 7. The number of benzene rings is 2. The number of para-hydroxylation sites is 2.